The minimum Gasteiger partial charge on any atom is -0.361 e. The number of aromatic amines is 1. The van der Waals surface area contributed by atoms with Crippen LogP contribution in [-0.2, 0) is 0 Å². The number of rotatable bonds is 2. The Kier molecular flexibility index (Phi) is 3.89. The van der Waals surface area contributed by atoms with Crippen LogP contribution in [0.1, 0.15) is 46.3 Å². The molecule has 4 heterocycles. The lowest BCUT2D eigenvalue weighted by Crippen LogP contribution is -2.38. The van der Waals surface area contributed by atoms with E-state index in [1.807, 2.05) is 30.9 Å². The molecule has 5 rings (SSSR count). The van der Waals surface area contributed by atoms with Crippen molar-refractivity contribution in [3.63, 3.8) is 0 Å². The number of aromatic nitrogens is 5. The van der Waals surface area contributed by atoms with Crippen LogP contribution in [-0.4, -0.2) is 48.5 Å². The fourth-order valence-electron chi connectivity index (χ4n) is 4.22. The van der Waals surface area contributed by atoms with Crippen molar-refractivity contribution in [2.45, 2.75) is 32.6 Å². The van der Waals surface area contributed by atoms with Crippen LogP contribution in [0, 0.1) is 13.8 Å². The van der Waals surface area contributed by atoms with Gasteiger partial charge in [0.1, 0.15) is 0 Å². The van der Waals surface area contributed by atoms with Crippen LogP contribution in [0.4, 0.5) is 0 Å². The molecule has 0 atom stereocenters. The molecule has 0 saturated carbocycles. The van der Waals surface area contributed by atoms with Gasteiger partial charge in [-0.2, -0.15) is 4.98 Å². The summed E-state index contributed by atoms with van der Waals surface area (Å²) in [6, 6.07) is 10.3. The maximum absolute atomic E-state index is 12.9. The van der Waals surface area contributed by atoms with E-state index in [4.69, 9.17) is 0 Å². The Bertz CT molecular complexity index is 1180. The Morgan fingerprint density at radius 3 is 2.75 bits per heavy atom. The molecule has 0 unspecified atom stereocenters. The van der Waals surface area contributed by atoms with Crippen LogP contribution in [0.5, 0.6) is 0 Å². The SMILES string of the molecule is Cc1cc(C)n2nc(C(=O)N3CCC(c4c[nH]c5ccccc45)CC3)nc2n1. The van der Waals surface area contributed by atoms with Gasteiger partial charge in [-0.15, -0.1) is 5.10 Å². The summed E-state index contributed by atoms with van der Waals surface area (Å²) in [5, 5.41) is 5.67. The molecule has 0 radical (unpaired) electrons. The summed E-state index contributed by atoms with van der Waals surface area (Å²) >= 11 is 0. The van der Waals surface area contributed by atoms with Crippen molar-refractivity contribution in [3.8, 4) is 0 Å². The van der Waals surface area contributed by atoms with Crippen LogP contribution < -0.4 is 0 Å². The van der Waals surface area contributed by atoms with Crippen molar-refractivity contribution in [2.24, 2.45) is 0 Å². The highest BCUT2D eigenvalue weighted by molar-refractivity contribution is 5.91. The standard InChI is InChI=1S/C21H22N6O/c1-13-11-14(2)27-21(23-13)24-19(25-27)20(28)26-9-7-15(8-10-26)17-12-22-18-6-4-3-5-16(17)18/h3-6,11-12,15,22H,7-10H2,1-2H3. The Labute approximate surface area is 162 Å². The van der Waals surface area contributed by atoms with Crippen LogP contribution in [0.25, 0.3) is 16.7 Å². The number of aryl methyl sites for hydroxylation is 2. The number of piperidine rings is 1. The quantitative estimate of drug-likeness (QED) is 0.584. The normalized spacial score (nSPS) is 15.6. The van der Waals surface area contributed by atoms with E-state index < -0.39 is 0 Å². The third kappa shape index (κ3) is 2.74. The summed E-state index contributed by atoms with van der Waals surface area (Å²) in [5.41, 5.74) is 4.31. The first-order valence-corrected chi connectivity index (χ1v) is 9.66. The predicted octanol–water partition coefficient (Wildman–Crippen LogP) is 3.24. The third-order valence-corrected chi connectivity index (χ3v) is 5.65. The maximum atomic E-state index is 12.9. The highest BCUT2D eigenvalue weighted by atomic mass is 16.2. The molecule has 1 fully saturated rings. The number of nitrogens with zero attached hydrogens (tertiary/aromatic N) is 5. The zero-order valence-electron chi connectivity index (χ0n) is 16.0. The summed E-state index contributed by atoms with van der Waals surface area (Å²) in [6.07, 6.45) is 4.00. The average Bonchev–Trinajstić information content (AvgIpc) is 3.32. The van der Waals surface area contributed by atoms with E-state index in [0.717, 1.165) is 24.2 Å². The van der Waals surface area contributed by atoms with Gasteiger partial charge in [-0.05, 0) is 50.3 Å². The van der Waals surface area contributed by atoms with Gasteiger partial charge in [-0.1, -0.05) is 18.2 Å². The van der Waals surface area contributed by atoms with Gasteiger partial charge in [0.25, 0.3) is 11.7 Å². The average molecular weight is 374 g/mol. The van der Waals surface area contributed by atoms with Crippen molar-refractivity contribution in [3.05, 3.63) is 59.3 Å². The molecule has 1 aliphatic rings. The number of hydrogen-bond acceptors (Lipinski definition) is 4. The van der Waals surface area contributed by atoms with Gasteiger partial charge >= 0.3 is 0 Å². The van der Waals surface area contributed by atoms with Crippen molar-refractivity contribution in [2.75, 3.05) is 13.1 Å². The number of benzene rings is 1. The molecule has 142 valence electrons. The van der Waals surface area contributed by atoms with Gasteiger partial charge in [0, 0.05) is 41.6 Å². The summed E-state index contributed by atoms with van der Waals surface area (Å²) in [6.45, 7) is 5.28. The van der Waals surface area contributed by atoms with E-state index in [0.29, 0.717) is 24.8 Å². The molecule has 0 spiro atoms. The number of carbonyl (C=O) groups excluding carboxylic acids is 1. The van der Waals surface area contributed by atoms with Crippen LogP contribution in [0.15, 0.2) is 36.5 Å². The largest absolute Gasteiger partial charge is 0.361 e. The van der Waals surface area contributed by atoms with Crippen molar-refractivity contribution in [1.82, 2.24) is 29.5 Å². The zero-order chi connectivity index (χ0) is 19.3. The molecule has 0 aliphatic carbocycles. The number of para-hydroxylation sites is 1. The molecule has 3 aromatic heterocycles. The molecule has 1 amide bonds. The van der Waals surface area contributed by atoms with Crippen molar-refractivity contribution < 1.29 is 4.79 Å². The zero-order valence-corrected chi connectivity index (χ0v) is 16.0. The van der Waals surface area contributed by atoms with Gasteiger partial charge in [-0.25, -0.2) is 9.50 Å². The monoisotopic (exact) mass is 374 g/mol. The summed E-state index contributed by atoms with van der Waals surface area (Å²) in [4.78, 5) is 26.9. The lowest BCUT2D eigenvalue weighted by atomic mass is 9.89. The predicted molar refractivity (Wildman–Crippen MR) is 106 cm³/mol. The minimum atomic E-state index is -0.111. The molecule has 7 heteroatoms. The maximum Gasteiger partial charge on any atom is 0.293 e. The molecule has 1 aliphatic heterocycles. The molecule has 0 bridgehead atoms. The lowest BCUT2D eigenvalue weighted by Gasteiger charge is -2.31. The number of H-pyrrole nitrogens is 1. The molecular weight excluding hydrogens is 352 g/mol. The molecule has 4 aromatic rings. The fraction of sp³-hybridized carbons (Fsp3) is 0.333. The second kappa shape index (κ2) is 6.44. The van der Waals surface area contributed by atoms with E-state index in [2.05, 4.69) is 44.4 Å². The minimum absolute atomic E-state index is 0.111. The van der Waals surface area contributed by atoms with Crippen molar-refractivity contribution in [1.29, 1.82) is 0 Å². The van der Waals surface area contributed by atoms with Crippen LogP contribution in [0.3, 0.4) is 0 Å². The smallest absolute Gasteiger partial charge is 0.293 e. The van der Waals surface area contributed by atoms with Gasteiger partial charge < -0.3 is 9.88 Å². The molecular formula is C21H22N6O. The molecule has 28 heavy (non-hydrogen) atoms. The summed E-state index contributed by atoms with van der Waals surface area (Å²) in [5.74, 6) is 1.06. The number of likely N-dealkylation sites (tertiary alicyclic amines) is 1. The van der Waals surface area contributed by atoms with Gasteiger partial charge in [-0.3, -0.25) is 4.79 Å². The Morgan fingerprint density at radius 2 is 1.93 bits per heavy atom. The topological polar surface area (TPSA) is 79.2 Å². The second-order valence-electron chi connectivity index (χ2n) is 7.54. The van der Waals surface area contributed by atoms with E-state index in [9.17, 15) is 4.79 Å². The highest BCUT2D eigenvalue weighted by Gasteiger charge is 2.28. The fourth-order valence-corrected chi connectivity index (χ4v) is 4.22. The van der Waals surface area contributed by atoms with E-state index >= 15 is 0 Å². The Morgan fingerprint density at radius 1 is 1.14 bits per heavy atom. The van der Waals surface area contributed by atoms with E-state index in [1.54, 1.807) is 4.52 Å². The first-order chi connectivity index (χ1) is 13.6. The van der Waals surface area contributed by atoms with Gasteiger partial charge in [0.15, 0.2) is 0 Å². The molecule has 1 N–H and O–H groups in total. The van der Waals surface area contributed by atoms with E-state index in [1.165, 1.54) is 16.5 Å². The molecule has 1 saturated heterocycles. The number of carbonyl (C=O) groups is 1. The first kappa shape index (κ1) is 16.9. The Balaban J connectivity index is 1.34. The number of fused-ring (bicyclic) bond motifs is 2. The summed E-state index contributed by atoms with van der Waals surface area (Å²) in [7, 11) is 0. The second-order valence-corrected chi connectivity index (χ2v) is 7.54. The van der Waals surface area contributed by atoms with E-state index in [-0.39, 0.29) is 11.7 Å². The summed E-state index contributed by atoms with van der Waals surface area (Å²) < 4.78 is 1.64. The number of nitrogens with one attached hydrogen (secondary N) is 1. The lowest BCUT2D eigenvalue weighted by molar-refractivity contribution is 0.0701. The van der Waals surface area contributed by atoms with Gasteiger partial charge in [0.05, 0.1) is 0 Å². The first-order valence-electron chi connectivity index (χ1n) is 9.66. The van der Waals surface area contributed by atoms with Crippen LogP contribution >= 0.6 is 0 Å². The van der Waals surface area contributed by atoms with Crippen molar-refractivity contribution >= 4 is 22.6 Å². The number of amides is 1. The van der Waals surface area contributed by atoms with Crippen LogP contribution in [0.2, 0.25) is 0 Å². The molecule has 1 aromatic carbocycles. The Hall–Kier alpha value is -3.22. The third-order valence-electron chi connectivity index (χ3n) is 5.65. The highest BCUT2D eigenvalue weighted by Crippen LogP contribution is 2.33. The van der Waals surface area contributed by atoms with Gasteiger partial charge in [0.2, 0.25) is 5.82 Å². The number of hydrogen-bond donors (Lipinski definition) is 1. The molecule has 7 nitrogen and oxygen atoms in total.